The van der Waals surface area contributed by atoms with Crippen LogP contribution in [-0.2, 0) is 4.79 Å². The summed E-state index contributed by atoms with van der Waals surface area (Å²) < 4.78 is 15.1. The molecular formula is C12H8ClFN2O2. The summed E-state index contributed by atoms with van der Waals surface area (Å²) in [4.78, 5) is 10.3. The number of carboxylic acids is 1. The Balaban J connectivity index is 2.33. The van der Waals surface area contributed by atoms with Gasteiger partial charge < -0.3 is 5.11 Å². The molecule has 0 amide bonds. The molecule has 1 aromatic heterocycles. The summed E-state index contributed by atoms with van der Waals surface area (Å²) in [5.74, 6) is -1.60. The molecule has 2 aromatic rings. The molecule has 1 aromatic carbocycles. The number of nitrogens with zero attached hydrogens (tertiary/aromatic N) is 2. The number of hydrogen-bond acceptors (Lipinski definition) is 2. The smallest absolute Gasteiger partial charge is 0.328 e. The van der Waals surface area contributed by atoms with Gasteiger partial charge in [-0.05, 0) is 23.8 Å². The Morgan fingerprint density at radius 2 is 2.28 bits per heavy atom. The number of aromatic nitrogens is 2. The second-order valence-electron chi connectivity index (χ2n) is 3.49. The zero-order chi connectivity index (χ0) is 13.1. The summed E-state index contributed by atoms with van der Waals surface area (Å²) in [6.45, 7) is 0. The van der Waals surface area contributed by atoms with Gasteiger partial charge >= 0.3 is 5.97 Å². The molecule has 1 heterocycles. The lowest BCUT2D eigenvalue weighted by atomic mass is 10.2. The van der Waals surface area contributed by atoms with E-state index in [4.69, 9.17) is 16.7 Å². The van der Waals surface area contributed by atoms with E-state index in [9.17, 15) is 9.18 Å². The second kappa shape index (κ2) is 5.01. The maximum atomic E-state index is 13.8. The van der Waals surface area contributed by atoms with Crippen molar-refractivity contribution in [2.45, 2.75) is 0 Å². The van der Waals surface area contributed by atoms with E-state index in [2.05, 4.69) is 5.10 Å². The molecule has 0 unspecified atom stereocenters. The van der Waals surface area contributed by atoms with Gasteiger partial charge in [0, 0.05) is 12.3 Å². The molecule has 18 heavy (non-hydrogen) atoms. The molecule has 4 nitrogen and oxygen atoms in total. The van der Waals surface area contributed by atoms with Crippen LogP contribution in [0.4, 0.5) is 4.39 Å². The minimum absolute atomic E-state index is 0.245. The Morgan fingerprint density at radius 1 is 1.50 bits per heavy atom. The fourth-order valence-corrected chi connectivity index (χ4v) is 1.55. The molecule has 0 saturated heterocycles. The first-order valence-electron chi connectivity index (χ1n) is 4.97. The van der Waals surface area contributed by atoms with E-state index in [1.54, 1.807) is 6.07 Å². The van der Waals surface area contributed by atoms with Crippen LogP contribution in [0.15, 0.2) is 36.7 Å². The maximum absolute atomic E-state index is 13.8. The van der Waals surface area contributed by atoms with Crippen LogP contribution in [0.2, 0.25) is 5.02 Å². The van der Waals surface area contributed by atoms with Gasteiger partial charge in [0.25, 0.3) is 0 Å². The zero-order valence-corrected chi connectivity index (χ0v) is 9.80. The highest BCUT2D eigenvalue weighted by atomic mass is 35.5. The summed E-state index contributed by atoms with van der Waals surface area (Å²) in [5.41, 5.74) is 0.700. The van der Waals surface area contributed by atoms with Crippen molar-refractivity contribution >= 4 is 23.6 Å². The van der Waals surface area contributed by atoms with Crippen molar-refractivity contribution in [3.63, 3.8) is 0 Å². The lowest BCUT2D eigenvalue weighted by molar-refractivity contribution is -0.131. The van der Waals surface area contributed by atoms with Gasteiger partial charge in [0.2, 0.25) is 0 Å². The van der Waals surface area contributed by atoms with E-state index in [1.807, 2.05) is 0 Å². The number of halogens is 2. The van der Waals surface area contributed by atoms with Gasteiger partial charge in [0.15, 0.2) is 0 Å². The van der Waals surface area contributed by atoms with E-state index in [-0.39, 0.29) is 5.69 Å². The SMILES string of the molecule is O=C(O)/C=C/c1ccc(-n2cc(Cl)cn2)c(F)c1. The largest absolute Gasteiger partial charge is 0.478 e. The molecule has 0 spiro atoms. The predicted octanol–water partition coefficient (Wildman–Crippen LogP) is 2.76. The van der Waals surface area contributed by atoms with Crippen molar-refractivity contribution in [1.29, 1.82) is 0 Å². The van der Waals surface area contributed by atoms with Gasteiger partial charge in [-0.3, -0.25) is 0 Å². The number of carboxylic acid groups (broad SMARTS) is 1. The molecular weight excluding hydrogens is 259 g/mol. The maximum Gasteiger partial charge on any atom is 0.328 e. The molecule has 0 fully saturated rings. The first-order valence-corrected chi connectivity index (χ1v) is 5.35. The molecule has 0 radical (unpaired) electrons. The monoisotopic (exact) mass is 266 g/mol. The van der Waals surface area contributed by atoms with Gasteiger partial charge in [-0.1, -0.05) is 17.7 Å². The summed E-state index contributed by atoms with van der Waals surface area (Å²) in [6, 6.07) is 4.32. The quantitative estimate of drug-likeness (QED) is 0.869. The fraction of sp³-hybridized carbons (Fsp3) is 0. The average Bonchev–Trinajstić information content (AvgIpc) is 2.73. The summed E-state index contributed by atoms with van der Waals surface area (Å²) in [6.07, 6.45) is 5.14. The summed E-state index contributed by atoms with van der Waals surface area (Å²) in [5, 5.41) is 12.8. The molecule has 0 aliphatic carbocycles. The van der Waals surface area contributed by atoms with Crippen LogP contribution in [0.5, 0.6) is 0 Å². The van der Waals surface area contributed by atoms with Crippen molar-refractivity contribution in [2.24, 2.45) is 0 Å². The van der Waals surface area contributed by atoms with Crippen LogP contribution in [0.1, 0.15) is 5.56 Å². The second-order valence-corrected chi connectivity index (χ2v) is 3.92. The number of carbonyl (C=O) groups is 1. The molecule has 0 saturated carbocycles. The third-order valence-corrected chi connectivity index (χ3v) is 2.38. The van der Waals surface area contributed by atoms with Crippen molar-refractivity contribution < 1.29 is 14.3 Å². The number of rotatable bonds is 3. The Morgan fingerprint density at radius 3 is 2.83 bits per heavy atom. The highest BCUT2D eigenvalue weighted by Gasteiger charge is 2.06. The molecule has 6 heteroatoms. The van der Waals surface area contributed by atoms with Crippen LogP contribution >= 0.6 is 11.6 Å². The first-order chi connectivity index (χ1) is 8.56. The molecule has 92 valence electrons. The lowest BCUT2D eigenvalue weighted by Crippen LogP contribution is -1.98. The first kappa shape index (κ1) is 12.3. The zero-order valence-electron chi connectivity index (χ0n) is 9.05. The number of hydrogen-bond donors (Lipinski definition) is 1. The van der Waals surface area contributed by atoms with Crippen molar-refractivity contribution in [2.75, 3.05) is 0 Å². The third-order valence-electron chi connectivity index (χ3n) is 2.19. The standard InChI is InChI=1S/C12H8ClFN2O2/c13-9-6-15-16(7-9)11-3-1-8(5-10(11)14)2-4-12(17)18/h1-7H,(H,17,18)/b4-2+. The fourth-order valence-electron chi connectivity index (χ4n) is 1.41. The Hall–Kier alpha value is -2.14. The van der Waals surface area contributed by atoms with Crippen molar-refractivity contribution in [3.8, 4) is 5.69 Å². The highest BCUT2D eigenvalue weighted by Crippen LogP contribution is 2.17. The van der Waals surface area contributed by atoms with E-state index in [0.29, 0.717) is 10.6 Å². The van der Waals surface area contributed by atoms with Crippen LogP contribution < -0.4 is 0 Å². The molecule has 1 N–H and O–H groups in total. The van der Waals surface area contributed by atoms with Crippen molar-refractivity contribution in [1.82, 2.24) is 9.78 Å². The molecule has 0 atom stereocenters. The van der Waals surface area contributed by atoms with E-state index in [0.717, 1.165) is 6.08 Å². The van der Waals surface area contributed by atoms with E-state index >= 15 is 0 Å². The Labute approximate surface area is 107 Å². The van der Waals surface area contributed by atoms with Gasteiger partial charge in [-0.25, -0.2) is 13.9 Å². The molecule has 0 aliphatic heterocycles. The Bertz CT molecular complexity index is 622. The Kier molecular flexibility index (Phi) is 3.43. The van der Waals surface area contributed by atoms with Crippen molar-refractivity contribution in [3.05, 3.63) is 53.1 Å². The van der Waals surface area contributed by atoms with E-state index < -0.39 is 11.8 Å². The van der Waals surface area contributed by atoms with Gasteiger partial charge in [0.05, 0.1) is 11.2 Å². The predicted molar refractivity (Wildman–Crippen MR) is 65.2 cm³/mol. The highest BCUT2D eigenvalue weighted by molar-refractivity contribution is 6.30. The lowest BCUT2D eigenvalue weighted by Gasteiger charge is -2.03. The number of benzene rings is 1. The topological polar surface area (TPSA) is 55.1 Å². The molecule has 0 bridgehead atoms. The summed E-state index contributed by atoms with van der Waals surface area (Å²) >= 11 is 5.70. The van der Waals surface area contributed by atoms with Crippen LogP contribution in [-0.4, -0.2) is 20.9 Å². The third kappa shape index (κ3) is 2.75. The molecule has 0 aliphatic rings. The molecule has 2 rings (SSSR count). The normalized spacial score (nSPS) is 11.0. The minimum Gasteiger partial charge on any atom is -0.478 e. The van der Waals surface area contributed by atoms with Gasteiger partial charge in [-0.2, -0.15) is 5.10 Å². The van der Waals surface area contributed by atoms with Crippen LogP contribution in [0.25, 0.3) is 11.8 Å². The van der Waals surface area contributed by atoms with Crippen LogP contribution in [0.3, 0.4) is 0 Å². The summed E-state index contributed by atoms with van der Waals surface area (Å²) in [7, 11) is 0. The average molecular weight is 267 g/mol. The van der Waals surface area contributed by atoms with Gasteiger partial charge in [0.1, 0.15) is 11.5 Å². The van der Waals surface area contributed by atoms with Gasteiger partial charge in [-0.15, -0.1) is 0 Å². The van der Waals surface area contributed by atoms with E-state index in [1.165, 1.54) is 35.3 Å². The number of aliphatic carboxylic acids is 1. The van der Waals surface area contributed by atoms with Crippen LogP contribution in [0, 0.1) is 5.82 Å². The minimum atomic E-state index is -1.08.